The highest BCUT2D eigenvalue weighted by Crippen LogP contribution is 2.24. The minimum Gasteiger partial charge on any atom is -0.481 e. The molecule has 0 spiro atoms. The third-order valence-corrected chi connectivity index (χ3v) is 2.38. The summed E-state index contributed by atoms with van der Waals surface area (Å²) in [5, 5.41) is 9.12. The molecule has 2 rings (SSSR count). The molecular formula is C13H12N2O4. The molecule has 0 amide bonds. The summed E-state index contributed by atoms with van der Waals surface area (Å²) in [6.45, 7) is 1.80. The highest BCUT2D eigenvalue weighted by molar-refractivity contribution is 5.91. The molecule has 0 saturated heterocycles. The molecule has 0 atom stereocenters. The van der Waals surface area contributed by atoms with E-state index in [0.29, 0.717) is 5.88 Å². The van der Waals surface area contributed by atoms with Crippen molar-refractivity contribution in [2.75, 3.05) is 7.11 Å². The van der Waals surface area contributed by atoms with Crippen molar-refractivity contribution in [1.82, 2.24) is 9.97 Å². The fourth-order valence-corrected chi connectivity index (χ4v) is 1.49. The molecule has 6 nitrogen and oxygen atoms in total. The largest absolute Gasteiger partial charge is 0.481 e. The molecule has 0 saturated carbocycles. The van der Waals surface area contributed by atoms with Gasteiger partial charge in [0, 0.05) is 12.3 Å². The molecular weight excluding hydrogens is 248 g/mol. The first kappa shape index (κ1) is 12.8. The highest BCUT2D eigenvalue weighted by atomic mass is 16.5. The average molecular weight is 260 g/mol. The first-order chi connectivity index (χ1) is 9.10. The topological polar surface area (TPSA) is 81.5 Å². The van der Waals surface area contributed by atoms with Gasteiger partial charge >= 0.3 is 12.0 Å². The average Bonchev–Trinajstić information content (AvgIpc) is 2.41. The number of hydrogen-bond donors (Lipinski definition) is 1. The maximum Gasteiger partial charge on any atom is 0.339 e. The van der Waals surface area contributed by atoms with Gasteiger partial charge < -0.3 is 14.6 Å². The Hall–Kier alpha value is -2.63. The number of rotatable bonds is 4. The first-order valence-electron chi connectivity index (χ1n) is 5.49. The van der Waals surface area contributed by atoms with E-state index in [1.807, 2.05) is 0 Å². The van der Waals surface area contributed by atoms with E-state index >= 15 is 0 Å². The Morgan fingerprint density at radius 3 is 2.79 bits per heavy atom. The third kappa shape index (κ3) is 2.98. The minimum absolute atomic E-state index is 0.0331. The van der Waals surface area contributed by atoms with Crippen molar-refractivity contribution in [2.45, 2.75) is 6.92 Å². The summed E-state index contributed by atoms with van der Waals surface area (Å²) in [6.07, 6.45) is 1.47. The predicted octanol–water partition coefficient (Wildman–Crippen LogP) is 2.28. The second kappa shape index (κ2) is 5.34. The molecule has 2 aromatic rings. The molecule has 0 unspecified atom stereocenters. The fraction of sp³-hybridized carbons (Fsp3) is 0.154. The number of nitrogens with zero attached hydrogens (tertiary/aromatic N) is 2. The zero-order valence-electron chi connectivity index (χ0n) is 10.5. The van der Waals surface area contributed by atoms with Gasteiger partial charge in [-0.15, -0.1) is 0 Å². The van der Waals surface area contributed by atoms with Crippen LogP contribution in [0.1, 0.15) is 15.9 Å². The van der Waals surface area contributed by atoms with Crippen LogP contribution in [-0.2, 0) is 0 Å². The van der Waals surface area contributed by atoms with Gasteiger partial charge in [0.25, 0.3) is 0 Å². The molecule has 98 valence electrons. The Bertz CT molecular complexity index is 613. The quantitative estimate of drug-likeness (QED) is 0.908. The summed E-state index contributed by atoms with van der Waals surface area (Å²) in [4.78, 5) is 19.0. The van der Waals surface area contributed by atoms with Crippen molar-refractivity contribution in [1.29, 1.82) is 0 Å². The van der Waals surface area contributed by atoms with Gasteiger partial charge in [0.15, 0.2) is 0 Å². The molecule has 0 aliphatic heterocycles. The molecule has 0 bridgehead atoms. The number of carbonyl (C=O) groups is 1. The standard InChI is InChI=1S/C13H12N2O4/c1-8-3-4-10(9(7-8)12(16)17)19-13-14-6-5-11(15-13)18-2/h3-7H,1-2H3,(H,16,17). The Morgan fingerprint density at radius 1 is 1.32 bits per heavy atom. The Labute approximate surface area is 109 Å². The van der Waals surface area contributed by atoms with Crippen molar-refractivity contribution >= 4 is 5.97 Å². The van der Waals surface area contributed by atoms with E-state index < -0.39 is 5.97 Å². The van der Waals surface area contributed by atoms with E-state index in [1.54, 1.807) is 25.1 Å². The van der Waals surface area contributed by atoms with Crippen molar-refractivity contribution in [3.05, 3.63) is 41.6 Å². The summed E-state index contributed by atoms with van der Waals surface area (Å²) >= 11 is 0. The van der Waals surface area contributed by atoms with Crippen molar-refractivity contribution < 1.29 is 19.4 Å². The van der Waals surface area contributed by atoms with E-state index in [9.17, 15) is 4.79 Å². The molecule has 1 aromatic heterocycles. The Balaban J connectivity index is 2.34. The van der Waals surface area contributed by atoms with E-state index in [2.05, 4.69) is 9.97 Å². The van der Waals surface area contributed by atoms with Gasteiger partial charge in [-0.2, -0.15) is 4.98 Å². The SMILES string of the molecule is COc1ccnc(Oc2ccc(C)cc2C(=O)O)n1. The van der Waals surface area contributed by atoms with E-state index in [0.717, 1.165) is 5.56 Å². The Morgan fingerprint density at radius 2 is 2.11 bits per heavy atom. The summed E-state index contributed by atoms with van der Waals surface area (Å²) in [5.41, 5.74) is 0.891. The van der Waals surface area contributed by atoms with Crippen LogP contribution in [0.2, 0.25) is 0 Å². The van der Waals surface area contributed by atoms with Crippen LogP contribution >= 0.6 is 0 Å². The van der Waals surface area contributed by atoms with Gasteiger partial charge in [0.1, 0.15) is 11.3 Å². The maximum atomic E-state index is 11.1. The van der Waals surface area contributed by atoms with Gasteiger partial charge in [0.05, 0.1) is 7.11 Å². The molecule has 0 aliphatic carbocycles. The molecule has 0 radical (unpaired) electrons. The molecule has 1 heterocycles. The van der Waals surface area contributed by atoms with Crippen molar-refractivity contribution in [3.8, 4) is 17.6 Å². The van der Waals surface area contributed by atoms with E-state index in [-0.39, 0.29) is 17.3 Å². The number of ether oxygens (including phenoxy) is 2. The zero-order valence-corrected chi connectivity index (χ0v) is 10.5. The molecule has 6 heteroatoms. The van der Waals surface area contributed by atoms with Crippen LogP contribution in [0.3, 0.4) is 0 Å². The number of methoxy groups -OCH3 is 1. The molecule has 0 fully saturated rings. The van der Waals surface area contributed by atoms with Crippen LogP contribution < -0.4 is 9.47 Å². The van der Waals surface area contributed by atoms with Crippen LogP contribution in [0, 0.1) is 6.92 Å². The smallest absolute Gasteiger partial charge is 0.339 e. The van der Waals surface area contributed by atoms with Gasteiger partial charge in [0.2, 0.25) is 5.88 Å². The van der Waals surface area contributed by atoms with Gasteiger partial charge in [-0.3, -0.25) is 0 Å². The number of benzene rings is 1. The fourth-order valence-electron chi connectivity index (χ4n) is 1.49. The Kier molecular flexibility index (Phi) is 3.61. The lowest BCUT2D eigenvalue weighted by atomic mass is 10.1. The van der Waals surface area contributed by atoms with E-state index in [4.69, 9.17) is 14.6 Å². The van der Waals surface area contributed by atoms with Crippen molar-refractivity contribution in [3.63, 3.8) is 0 Å². The number of hydrogen-bond acceptors (Lipinski definition) is 5. The third-order valence-electron chi connectivity index (χ3n) is 2.38. The number of aromatic carboxylic acids is 1. The van der Waals surface area contributed by atoms with Gasteiger partial charge in [-0.1, -0.05) is 11.6 Å². The van der Waals surface area contributed by atoms with E-state index in [1.165, 1.54) is 19.4 Å². The number of carboxylic acid groups (broad SMARTS) is 1. The van der Waals surface area contributed by atoms with Gasteiger partial charge in [-0.25, -0.2) is 9.78 Å². The van der Waals surface area contributed by atoms with Crippen LogP contribution in [0.25, 0.3) is 0 Å². The van der Waals surface area contributed by atoms with Crippen molar-refractivity contribution in [2.24, 2.45) is 0 Å². The van der Waals surface area contributed by atoms with Crippen LogP contribution in [0.5, 0.6) is 17.6 Å². The van der Waals surface area contributed by atoms with Gasteiger partial charge in [-0.05, 0) is 19.1 Å². The minimum atomic E-state index is -1.07. The summed E-state index contributed by atoms with van der Waals surface area (Å²) in [5.74, 6) is -0.540. The molecule has 0 aliphatic rings. The number of aryl methyl sites for hydroxylation is 1. The lowest BCUT2D eigenvalue weighted by Gasteiger charge is -2.08. The molecule has 1 N–H and O–H groups in total. The molecule has 1 aromatic carbocycles. The summed E-state index contributed by atoms with van der Waals surface area (Å²) in [7, 11) is 1.47. The van der Waals surface area contributed by atoms with Crippen LogP contribution in [-0.4, -0.2) is 28.2 Å². The summed E-state index contributed by atoms with van der Waals surface area (Å²) in [6, 6.07) is 6.45. The lowest BCUT2D eigenvalue weighted by Crippen LogP contribution is -2.02. The first-order valence-corrected chi connectivity index (χ1v) is 5.49. The van der Waals surface area contributed by atoms with Crippen LogP contribution in [0.4, 0.5) is 0 Å². The summed E-state index contributed by atoms with van der Waals surface area (Å²) < 4.78 is 10.3. The monoisotopic (exact) mass is 260 g/mol. The predicted molar refractivity (Wildman–Crippen MR) is 66.8 cm³/mol. The number of carboxylic acids is 1. The lowest BCUT2D eigenvalue weighted by molar-refractivity contribution is 0.0694. The zero-order chi connectivity index (χ0) is 13.8. The highest BCUT2D eigenvalue weighted by Gasteiger charge is 2.13. The number of aromatic nitrogens is 2. The second-order valence-electron chi connectivity index (χ2n) is 3.79. The molecule has 19 heavy (non-hydrogen) atoms. The maximum absolute atomic E-state index is 11.1. The normalized spacial score (nSPS) is 10.0. The second-order valence-corrected chi connectivity index (χ2v) is 3.79. The van der Waals surface area contributed by atoms with Crippen LogP contribution in [0.15, 0.2) is 30.5 Å².